The van der Waals surface area contributed by atoms with Gasteiger partial charge in [-0.05, 0) is 87.4 Å². The smallest absolute Gasteiger partial charge is 0.255 e. The van der Waals surface area contributed by atoms with Crippen LogP contribution < -0.4 is 26.0 Å². The highest BCUT2D eigenvalue weighted by molar-refractivity contribution is 6.00. The number of carbonyl (C=O) groups excluding carboxylic acids is 5. The van der Waals surface area contributed by atoms with Gasteiger partial charge in [-0.25, -0.2) is 0 Å². The summed E-state index contributed by atoms with van der Waals surface area (Å²) in [6.45, 7) is 4.98. The number of carbonyl (C=O) groups is 5. The molecule has 3 aliphatic rings. The first-order valence-corrected chi connectivity index (χ1v) is 19.6. The molecule has 55 heavy (non-hydrogen) atoms. The van der Waals surface area contributed by atoms with E-state index < -0.39 is 47.3 Å². The molecule has 0 aromatic heterocycles. The van der Waals surface area contributed by atoms with Crippen LogP contribution >= 0.6 is 0 Å². The minimum atomic E-state index is -1.18. The van der Waals surface area contributed by atoms with Crippen LogP contribution in [0.1, 0.15) is 85.3 Å². The van der Waals surface area contributed by atoms with E-state index in [4.69, 9.17) is 4.74 Å². The summed E-state index contributed by atoms with van der Waals surface area (Å²) in [6, 6.07) is 22.2. The Balaban J connectivity index is 1.25. The third kappa shape index (κ3) is 10.3. The molecule has 0 radical (unpaired) electrons. The number of likely N-dealkylation sites (N-methyl/N-ethyl adjacent to an activating group) is 1. The van der Waals surface area contributed by atoms with E-state index in [0.29, 0.717) is 19.3 Å². The van der Waals surface area contributed by atoms with E-state index in [0.717, 1.165) is 43.6 Å². The van der Waals surface area contributed by atoms with Gasteiger partial charge >= 0.3 is 0 Å². The van der Waals surface area contributed by atoms with Crippen molar-refractivity contribution < 1.29 is 28.7 Å². The summed E-state index contributed by atoms with van der Waals surface area (Å²) in [5, 5.41) is 11.7. The molecule has 4 N–H and O–H groups in total. The molecular weight excluding hydrogens is 697 g/mol. The van der Waals surface area contributed by atoms with Gasteiger partial charge in [-0.15, -0.1) is 0 Å². The lowest BCUT2D eigenvalue weighted by Crippen LogP contribution is -2.61. The zero-order chi connectivity index (χ0) is 38.8. The molecule has 1 saturated carbocycles. The molecule has 5 amide bonds. The number of para-hydroxylation sites is 1. The van der Waals surface area contributed by atoms with E-state index in [1.54, 1.807) is 43.1 Å². The fourth-order valence-corrected chi connectivity index (χ4v) is 7.89. The van der Waals surface area contributed by atoms with Crippen LogP contribution in [-0.4, -0.2) is 89.7 Å². The lowest BCUT2D eigenvalue weighted by Gasteiger charge is -2.34. The quantitative estimate of drug-likeness (QED) is 0.287. The molecule has 3 atom stereocenters. The maximum Gasteiger partial charge on any atom is 0.255 e. The van der Waals surface area contributed by atoms with Crippen LogP contribution in [0.3, 0.4) is 0 Å². The van der Waals surface area contributed by atoms with Crippen molar-refractivity contribution in [2.75, 3.05) is 26.7 Å². The Bertz CT molecular complexity index is 1820. The second-order valence-corrected chi connectivity index (χ2v) is 15.2. The maximum atomic E-state index is 14.0. The topological polar surface area (TPSA) is 149 Å². The number of hydrogen-bond acceptors (Lipinski definition) is 7. The lowest BCUT2D eigenvalue weighted by molar-refractivity contribution is -0.139. The van der Waals surface area contributed by atoms with Crippen molar-refractivity contribution >= 4 is 29.5 Å². The van der Waals surface area contributed by atoms with E-state index in [1.165, 1.54) is 18.4 Å². The van der Waals surface area contributed by atoms with Crippen LogP contribution in [0, 0.1) is 0 Å². The zero-order valence-corrected chi connectivity index (χ0v) is 32.0. The van der Waals surface area contributed by atoms with Gasteiger partial charge in [-0.1, -0.05) is 79.6 Å². The first kappa shape index (κ1) is 39.5. The average Bonchev–Trinajstić information content (AvgIpc) is 3.90. The van der Waals surface area contributed by atoms with E-state index in [-0.39, 0.29) is 43.2 Å². The first-order valence-electron chi connectivity index (χ1n) is 19.6. The molecule has 292 valence electrons. The van der Waals surface area contributed by atoms with E-state index in [2.05, 4.69) is 38.3 Å². The van der Waals surface area contributed by atoms with E-state index in [9.17, 15) is 24.0 Å². The number of fused-ring (bicyclic) bond motifs is 1. The molecule has 12 heteroatoms. The SMILES string of the molecule is C[C@@H]1NC(=O)C2(CCCC2)NC(=O)CC[C@@H](C(=O)NCc2cccc(CN3CCCC3)c2)NC(=O)c2ccccc2OC[C@H](Cc2ccccc2)N(C)C1=O. The molecule has 2 heterocycles. The Hall–Kier alpha value is -5.23. The number of hydrogen-bond donors (Lipinski definition) is 4. The van der Waals surface area contributed by atoms with E-state index >= 15 is 0 Å². The van der Waals surface area contributed by atoms with Crippen LogP contribution in [0.2, 0.25) is 0 Å². The number of amides is 5. The Morgan fingerprint density at radius 1 is 0.855 bits per heavy atom. The molecule has 3 aromatic carbocycles. The number of nitrogens with one attached hydrogen (secondary N) is 4. The van der Waals surface area contributed by atoms with Gasteiger partial charge in [-0.3, -0.25) is 28.9 Å². The van der Waals surface area contributed by atoms with Crippen molar-refractivity contribution in [3.8, 4) is 5.75 Å². The van der Waals surface area contributed by atoms with Gasteiger partial charge in [0.15, 0.2) is 0 Å². The molecule has 6 rings (SSSR count). The molecule has 0 unspecified atom stereocenters. The molecule has 1 saturated heterocycles. The van der Waals surface area contributed by atoms with E-state index in [1.807, 2.05) is 42.5 Å². The summed E-state index contributed by atoms with van der Waals surface area (Å²) in [5.41, 5.74) is 2.14. The summed E-state index contributed by atoms with van der Waals surface area (Å²) in [7, 11) is 1.68. The van der Waals surface area contributed by atoms with Crippen molar-refractivity contribution in [1.29, 1.82) is 0 Å². The van der Waals surface area contributed by atoms with Crippen LogP contribution in [0.25, 0.3) is 0 Å². The van der Waals surface area contributed by atoms with Gasteiger partial charge in [-0.2, -0.15) is 0 Å². The van der Waals surface area contributed by atoms with Gasteiger partial charge in [0.2, 0.25) is 23.6 Å². The van der Waals surface area contributed by atoms with Gasteiger partial charge in [0.1, 0.15) is 30.0 Å². The third-order valence-corrected chi connectivity index (χ3v) is 11.1. The standard InChI is InChI=1S/C43H54N6O6/c1-30-41(53)48(2)34(26-31-13-4-3-5-14-31)29-55-37-18-7-6-17-35(37)39(51)46-36(19-20-38(50)47-43(42(54)45-30)21-8-9-22-43)40(52)44-27-32-15-12-16-33(25-32)28-49-23-10-11-24-49/h3-7,12-18,25,30,34,36H,8-11,19-24,26-29H2,1-2H3,(H,44,52)(H,45,54)(H,46,51)(H,47,50)/t30-,34-,36-/m0/s1. The van der Waals surface area contributed by atoms with Gasteiger partial charge < -0.3 is 30.9 Å². The summed E-state index contributed by atoms with van der Waals surface area (Å²) in [5.74, 6) is -1.80. The normalized spacial score (nSPS) is 22.8. The largest absolute Gasteiger partial charge is 0.491 e. The van der Waals surface area contributed by atoms with Crippen molar-refractivity contribution in [3.05, 3.63) is 101 Å². The van der Waals surface area contributed by atoms with Crippen LogP contribution in [0.4, 0.5) is 0 Å². The highest BCUT2D eigenvalue weighted by atomic mass is 16.5. The van der Waals surface area contributed by atoms with Gasteiger partial charge in [0.05, 0.1) is 11.6 Å². The monoisotopic (exact) mass is 750 g/mol. The summed E-state index contributed by atoms with van der Waals surface area (Å²) in [4.78, 5) is 73.1. The molecule has 1 aliphatic carbocycles. The number of ether oxygens (including phenoxy) is 1. The van der Waals surface area contributed by atoms with Crippen LogP contribution in [-0.2, 0) is 38.7 Å². The third-order valence-electron chi connectivity index (χ3n) is 11.1. The summed E-state index contributed by atoms with van der Waals surface area (Å²) >= 11 is 0. The van der Waals surface area contributed by atoms with Gasteiger partial charge in [0, 0.05) is 26.6 Å². The number of nitrogens with zero attached hydrogens (tertiary/aromatic N) is 2. The Morgan fingerprint density at radius 3 is 2.31 bits per heavy atom. The fourth-order valence-electron chi connectivity index (χ4n) is 7.89. The number of benzene rings is 3. The minimum Gasteiger partial charge on any atom is -0.491 e. The van der Waals surface area contributed by atoms with Crippen molar-refractivity contribution in [2.45, 2.75) is 101 Å². The molecule has 3 aromatic rings. The second kappa shape index (κ2) is 18.4. The van der Waals surface area contributed by atoms with Gasteiger partial charge in [0.25, 0.3) is 5.91 Å². The van der Waals surface area contributed by atoms with Crippen molar-refractivity contribution in [1.82, 2.24) is 31.1 Å². The molecule has 2 fully saturated rings. The summed E-state index contributed by atoms with van der Waals surface area (Å²) < 4.78 is 6.31. The van der Waals surface area contributed by atoms with Crippen LogP contribution in [0.5, 0.6) is 5.75 Å². The zero-order valence-electron chi connectivity index (χ0n) is 32.0. The lowest BCUT2D eigenvalue weighted by atomic mass is 9.95. The van der Waals surface area contributed by atoms with Crippen molar-refractivity contribution in [3.63, 3.8) is 0 Å². The Kier molecular flexibility index (Phi) is 13.2. The molecule has 1 spiro atoms. The first-order chi connectivity index (χ1) is 26.6. The summed E-state index contributed by atoms with van der Waals surface area (Å²) in [6.07, 6.45) is 5.10. The Labute approximate surface area is 323 Å². The maximum absolute atomic E-state index is 14.0. The molecular formula is C43H54N6O6. The number of rotatable bonds is 7. The minimum absolute atomic E-state index is 0.00202. The molecule has 2 aliphatic heterocycles. The molecule has 0 bridgehead atoms. The predicted molar refractivity (Wildman–Crippen MR) is 209 cm³/mol. The fraction of sp³-hybridized carbons (Fsp3) is 0.465. The predicted octanol–water partition coefficient (Wildman–Crippen LogP) is 3.87. The second-order valence-electron chi connectivity index (χ2n) is 15.2. The molecule has 12 nitrogen and oxygen atoms in total. The average molecular weight is 751 g/mol. The number of likely N-dealkylation sites (tertiary alicyclic amines) is 1. The highest BCUT2D eigenvalue weighted by Crippen LogP contribution is 2.31. The Morgan fingerprint density at radius 2 is 1.55 bits per heavy atom. The van der Waals surface area contributed by atoms with Crippen molar-refractivity contribution in [2.24, 2.45) is 0 Å². The highest BCUT2D eigenvalue weighted by Gasteiger charge is 2.43. The van der Waals surface area contributed by atoms with Crippen LogP contribution in [0.15, 0.2) is 78.9 Å².